The number of nitrogens with zero attached hydrogens (tertiary/aromatic N) is 2. The van der Waals surface area contributed by atoms with Crippen molar-refractivity contribution in [2.24, 2.45) is 0 Å². The van der Waals surface area contributed by atoms with E-state index in [2.05, 4.69) is 23.3 Å². The molecule has 0 aliphatic heterocycles. The number of carbonyl (C=O) groups is 1. The summed E-state index contributed by atoms with van der Waals surface area (Å²) in [6.07, 6.45) is 3.37. The molecule has 0 spiro atoms. The minimum Gasteiger partial charge on any atom is -0.322 e. The van der Waals surface area contributed by atoms with E-state index in [0.717, 1.165) is 30.6 Å². The fourth-order valence-corrected chi connectivity index (χ4v) is 4.33. The molecule has 2 aromatic carbocycles. The second-order valence-electron chi connectivity index (χ2n) is 6.98. The van der Waals surface area contributed by atoms with Crippen molar-refractivity contribution in [1.29, 1.82) is 5.26 Å². The first-order chi connectivity index (χ1) is 14.7. The van der Waals surface area contributed by atoms with Gasteiger partial charge in [-0.1, -0.05) is 68.3 Å². The number of carbonyl (C=O) groups excluding carboxylic acids is 1. The Morgan fingerprint density at radius 3 is 2.37 bits per heavy atom. The van der Waals surface area contributed by atoms with Crippen LogP contribution >= 0.6 is 11.8 Å². The molecule has 0 radical (unpaired) electrons. The Balaban J connectivity index is 2.09. The van der Waals surface area contributed by atoms with Crippen LogP contribution in [0, 0.1) is 18.3 Å². The van der Waals surface area contributed by atoms with Crippen molar-refractivity contribution in [3.63, 3.8) is 0 Å². The van der Waals surface area contributed by atoms with Crippen molar-refractivity contribution in [2.75, 3.05) is 11.1 Å². The summed E-state index contributed by atoms with van der Waals surface area (Å²) >= 11 is 1.59. The molecule has 3 rings (SSSR count). The second-order valence-corrected chi connectivity index (χ2v) is 8.06. The first kappa shape index (κ1) is 21.6. The number of benzene rings is 2. The van der Waals surface area contributed by atoms with E-state index >= 15 is 0 Å². The van der Waals surface area contributed by atoms with Gasteiger partial charge in [0.1, 0.15) is 11.1 Å². The van der Waals surface area contributed by atoms with Gasteiger partial charge in [0.25, 0.3) is 5.91 Å². The number of unbranched alkanes of at least 4 members (excludes halogenated alkanes) is 2. The number of nitriles is 1. The van der Waals surface area contributed by atoms with Crippen LogP contribution in [-0.2, 0) is 0 Å². The number of amides is 1. The molecule has 0 aliphatic carbocycles. The van der Waals surface area contributed by atoms with Crippen LogP contribution < -0.4 is 5.32 Å². The van der Waals surface area contributed by atoms with Crippen LogP contribution in [-0.4, -0.2) is 16.6 Å². The molecular weight excluding hydrogens is 390 g/mol. The Kier molecular flexibility index (Phi) is 7.64. The average molecular weight is 416 g/mol. The molecular formula is C25H25N3OS. The summed E-state index contributed by atoms with van der Waals surface area (Å²) in [6, 6.07) is 21.3. The largest absolute Gasteiger partial charge is 0.322 e. The van der Waals surface area contributed by atoms with Crippen LogP contribution in [0.25, 0.3) is 11.1 Å². The third-order valence-electron chi connectivity index (χ3n) is 4.76. The summed E-state index contributed by atoms with van der Waals surface area (Å²) in [5, 5.41) is 13.7. The third-order valence-corrected chi connectivity index (χ3v) is 5.83. The first-order valence-corrected chi connectivity index (χ1v) is 11.1. The fraction of sp³-hybridized carbons (Fsp3) is 0.240. The van der Waals surface area contributed by atoms with Crippen molar-refractivity contribution >= 4 is 23.4 Å². The van der Waals surface area contributed by atoms with Gasteiger partial charge in [0, 0.05) is 11.3 Å². The van der Waals surface area contributed by atoms with E-state index in [4.69, 9.17) is 0 Å². The molecule has 1 aromatic heterocycles. The van der Waals surface area contributed by atoms with Gasteiger partial charge in [-0.05, 0) is 36.8 Å². The van der Waals surface area contributed by atoms with Crippen LogP contribution in [0.15, 0.2) is 65.7 Å². The van der Waals surface area contributed by atoms with E-state index in [1.807, 2.05) is 67.6 Å². The van der Waals surface area contributed by atoms with E-state index in [0.29, 0.717) is 33.1 Å². The standard InChI is InChI=1S/C25H25N3OS/c1-3-4-11-16-30-25-21(17-26)23(19-12-7-5-8-13-19)22(18(2)27-25)24(29)28-20-14-9-6-10-15-20/h5-10,12-15H,3-4,11,16H2,1-2H3,(H,28,29). The van der Waals surface area contributed by atoms with Crippen LogP contribution in [0.4, 0.5) is 5.69 Å². The van der Waals surface area contributed by atoms with Gasteiger partial charge >= 0.3 is 0 Å². The van der Waals surface area contributed by atoms with Crippen molar-refractivity contribution in [1.82, 2.24) is 4.98 Å². The monoisotopic (exact) mass is 415 g/mol. The summed E-state index contributed by atoms with van der Waals surface area (Å²) in [4.78, 5) is 17.9. The summed E-state index contributed by atoms with van der Waals surface area (Å²) in [5.74, 6) is 0.641. The average Bonchev–Trinajstić information content (AvgIpc) is 2.77. The molecule has 1 amide bonds. The van der Waals surface area contributed by atoms with E-state index in [1.54, 1.807) is 11.8 Å². The number of hydrogen-bond acceptors (Lipinski definition) is 4. The molecule has 5 heteroatoms. The molecule has 0 unspecified atom stereocenters. The molecule has 0 saturated carbocycles. The highest BCUT2D eigenvalue weighted by molar-refractivity contribution is 7.99. The highest BCUT2D eigenvalue weighted by Crippen LogP contribution is 2.35. The summed E-state index contributed by atoms with van der Waals surface area (Å²) in [5.41, 5.74) is 3.73. The van der Waals surface area contributed by atoms with Gasteiger partial charge in [-0.15, -0.1) is 11.8 Å². The van der Waals surface area contributed by atoms with Gasteiger partial charge in [0.15, 0.2) is 0 Å². The minimum atomic E-state index is -0.260. The summed E-state index contributed by atoms with van der Waals surface area (Å²) in [7, 11) is 0. The van der Waals surface area contributed by atoms with Gasteiger partial charge in [-0.2, -0.15) is 5.26 Å². The lowest BCUT2D eigenvalue weighted by Crippen LogP contribution is -2.17. The van der Waals surface area contributed by atoms with Crippen molar-refractivity contribution < 1.29 is 4.79 Å². The Bertz CT molecular complexity index is 1040. The molecule has 3 aromatic rings. The Hall–Kier alpha value is -3.10. The minimum absolute atomic E-state index is 0.260. The third kappa shape index (κ3) is 5.08. The maximum absolute atomic E-state index is 13.2. The number of anilines is 1. The molecule has 30 heavy (non-hydrogen) atoms. The highest BCUT2D eigenvalue weighted by Gasteiger charge is 2.24. The first-order valence-electron chi connectivity index (χ1n) is 10.1. The molecule has 1 heterocycles. The quantitative estimate of drug-likeness (QED) is 0.338. The summed E-state index contributed by atoms with van der Waals surface area (Å²) < 4.78 is 0. The fourth-order valence-electron chi connectivity index (χ4n) is 3.29. The second kappa shape index (κ2) is 10.6. The van der Waals surface area contributed by atoms with E-state index in [1.165, 1.54) is 0 Å². The van der Waals surface area contributed by atoms with Crippen LogP contribution in [0.1, 0.15) is 47.8 Å². The van der Waals surface area contributed by atoms with Gasteiger partial charge in [-0.25, -0.2) is 4.98 Å². The number of pyridine rings is 1. The number of hydrogen-bond donors (Lipinski definition) is 1. The lowest BCUT2D eigenvalue weighted by Gasteiger charge is -2.17. The van der Waals surface area contributed by atoms with Crippen molar-refractivity contribution in [3.8, 4) is 17.2 Å². The van der Waals surface area contributed by atoms with Crippen LogP contribution in [0.5, 0.6) is 0 Å². The zero-order valence-corrected chi connectivity index (χ0v) is 18.1. The number of para-hydroxylation sites is 1. The van der Waals surface area contributed by atoms with Crippen molar-refractivity contribution in [3.05, 3.63) is 77.5 Å². The zero-order valence-electron chi connectivity index (χ0n) is 17.3. The van der Waals surface area contributed by atoms with Gasteiger partial charge in [0.2, 0.25) is 0 Å². The predicted molar refractivity (Wildman–Crippen MR) is 124 cm³/mol. The topological polar surface area (TPSA) is 65.8 Å². The molecule has 152 valence electrons. The lowest BCUT2D eigenvalue weighted by molar-refractivity contribution is 0.102. The van der Waals surface area contributed by atoms with Crippen LogP contribution in [0.3, 0.4) is 0 Å². The number of nitrogens with one attached hydrogen (secondary N) is 1. The highest BCUT2D eigenvalue weighted by atomic mass is 32.2. The number of rotatable bonds is 8. The SMILES string of the molecule is CCCCCSc1nc(C)c(C(=O)Nc2ccccc2)c(-c2ccccc2)c1C#N. The molecule has 0 saturated heterocycles. The molecule has 4 nitrogen and oxygen atoms in total. The molecule has 0 aliphatic rings. The number of aryl methyl sites for hydroxylation is 1. The van der Waals surface area contributed by atoms with Gasteiger partial charge < -0.3 is 5.32 Å². The van der Waals surface area contributed by atoms with Gasteiger partial charge in [0.05, 0.1) is 16.8 Å². The smallest absolute Gasteiger partial charge is 0.258 e. The zero-order chi connectivity index (χ0) is 21.3. The Morgan fingerprint density at radius 2 is 1.73 bits per heavy atom. The number of thioether (sulfide) groups is 1. The normalized spacial score (nSPS) is 10.4. The van der Waals surface area contributed by atoms with E-state index in [-0.39, 0.29) is 5.91 Å². The number of aromatic nitrogens is 1. The molecule has 0 bridgehead atoms. The Morgan fingerprint density at radius 1 is 1.07 bits per heavy atom. The predicted octanol–water partition coefficient (Wildman–Crippen LogP) is 6.46. The maximum Gasteiger partial charge on any atom is 0.258 e. The molecule has 0 fully saturated rings. The van der Waals surface area contributed by atoms with Crippen LogP contribution in [0.2, 0.25) is 0 Å². The molecule has 1 N–H and O–H groups in total. The Labute approximate surface area is 182 Å². The van der Waals surface area contributed by atoms with E-state index < -0.39 is 0 Å². The van der Waals surface area contributed by atoms with E-state index in [9.17, 15) is 10.1 Å². The lowest BCUT2D eigenvalue weighted by atomic mass is 9.94. The maximum atomic E-state index is 13.2. The summed E-state index contributed by atoms with van der Waals surface area (Å²) in [6.45, 7) is 4.00. The van der Waals surface area contributed by atoms with Crippen molar-refractivity contribution in [2.45, 2.75) is 38.1 Å². The van der Waals surface area contributed by atoms with Gasteiger partial charge in [-0.3, -0.25) is 4.79 Å². The molecule has 0 atom stereocenters.